The van der Waals surface area contributed by atoms with Gasteiger partial charge in [-0.25, -0.2) is 0 Å². The molecule has 0 radical (unpaired) electrons. The predicted octanol–water partition coefficient (Wildman–Crippen LogP) is 4.56. The first-order valence-corrected chi connectivity index (χ1v) is 11.8. The molecule has 35 heavy (non-hydrogen) atoms. The summed E-state index contributed by atoms with van der Waals surface area (Å²) >= 11 is 1.22. The summed E-state index contributed by atoms with van der Waals surface area (Å²) < 4.78 is 0. The molecule has 8 heteroatoms. The van der Waals surface area contributed by atoms with E-state index < -0.39 is 0 Å². The van der Waals surface area contributed by atoms with Crippen molar-refractivity contribution in [1.82, 2.24) is 15.1 Å². The van der Waals surface area contributed by atoms with Gasteiger partial charge < -0.3 is 0 Å². The van der Waals surface area contributed by atoms with Crippen LogP contribution in [0.4, 0.5) is 5.13 Å². The molecule has 0 unspecified atom stereocenters. The molecule has 0 saturated carbocycles. The lowest BCUT2D eigenvalue weighted by atomic mass is 10.0. The van der Waals surface area contributed by atoms with Crippen LogP contribution in [0, 0.1) is 0 Å². The van der Waals surface area contributed by atoms with Crippen molar-refractivity contribution in [3.8, 4) is 0 Å². The Kier molecular flexibility index (Phi) is 6.28. The monoisotopic (exact) mass is 480 g/mol. The van der Waals surface area contributed by atoms with Gasteiger partial charge in [-0.1, -0.05) is 84.1 Å². The molecule has 3 aromatic carbocycles. The summed E-state index contributed by atoms with van der Waals surface area (Å²) in [5, 5.41) is 12.0. The van der Waals surface area contributed by atoms with Crippen LogP contribution in [-0.4, -0.2) is 39.4 Å². The third-order valence-electron chi connectivity index (χ3n) is 5.55. The van der Waals surface area contributed by atoms with E-state index in [1.807, 2.05) is 66.7 Å². The summed E-state index contributed by atoms with van der Waals surface area (Å²) in [6, 6.07) is 25.8. The van der Waals surface area contributed by atoms with Gasteiger partial charge in [-0.15, -0.1) is 10.2 Å². The van der Waals surface area contributed by atoms with Crippen molar-refractivity contribution in [2.75, 3.05) is 11.9 Å². The highest BCUT2D eigenvalue weighted by Gasteiger charge is 2.34. The van der Waals surface area contributed by atoms with Crippen LogP contribution in [0.2, 0.25) is 0 Å². The van der Waals surface area contributed by atoms with Crippen LogP contribution in [0.25, 0.3) is 11.6 Å². The van der Waals surface area contributed by atoms with Crippen LogP contribution < -0.4 is 5.32 Å². The van der Waals surface area contributed by atoms with E-state index in [2.05, 4.69) is 15.5 Å². The van der Waals surface area contributed by atoms with E-state index in [1.54, 1.807) is 24.3 Å². The normalized spacial score (nSPS) is 13.1. The smallest absolute Gasteiger partial charge is 0.261 e. The number of benzene rings is 3. The summed E-state index contributed by atoms with van der Waals surface area (Å²) in [6.45, 7) is 0.193. The van der Waals surface area contributed by atoms with Crippen molar-refractivity contribution >= 4 is 45.8 Å². The standard InChI is InChI=1S/C27H20N4O3S/c32-24(22(19-11-5-2-6-12-19)17-18-9-3-1-4-10-18)28-27-30-29-23(35-27)15-16-31-25(33)20-13-7-8-14-21(20)26(31)34/h1-14,17H,15-16H2,(H,28,30,32)/b22-17-. The second-order valence-electron chi connectivity index (χ2n) is 7.85. The van der Waals surface area contributed by atoms with Crippen LogP contribution in [0.15, 0.2) is 84.9 Å². The molecule has 0 aliphatic carbocycles. The molecule has 3 amide bonds. The van der Waals surface area contributed by atoms with Crippen molar-refractivity contribution in [3.63, 3.8) is 0 Å². The number of amides is 3. The Labute approximate surface area is 205 Å². The fraction of sp³-hybridized carbons (Fsp3) is 0.0741. The third kappa shape index (κ3) is 4.78. The minimum atomic E-state index is -0.304. The van der Waals surface area contributed by atoms with Crippen molar-refractivity contribution in [1.29, 1.82) is 0 Å². The summed E-state index contributed by atoms with van der Waals surface area (Å²) in [7, 11) is 0. The molecular formula is C27H20N4O3S. The molecule has 0 saturated heterocycles. The minimum Gasteiger partial charge on any atom is -0.296 e. The Balaban J connectivity index is 1.28. The maximum Gasteiger partial charge on any atom is 0.261 e. The average molecular weight is 481 g/mol. The summed E-state index contributed by atoms with van der Waals surface area (Å²) in [5.41, 5.74) is 3.02. The lowest BCUT2D eigenvalue weighted by Gasteiger charge is -2.12. The van der Waals surface area contributed by atoms with Crippen LogP contribution in [0.5, 0.6) is 0 Å². The fourth-order valence-electron chi connectivity index (χ4n) is 3.83. The number of hydrogen-bond donors (Lipinski definition) is 1. The second kappa shape index (κ2) is 9.82. The van der Waals surface area contributed by atoms with Gasteiger partial charge in [0.2, 0.25) is 5.13 Å². The average Bonchev–Trinajstić information content (AvgIpc) is 3.44. The van der Waals surface area contributed by atoms with E-state index in [9.17, 15) is 14.4 Å². The lowest BCUT2D eigenvalue weighted by Crippen LogP contribution is -2.31. The highest BCUT2D eigenvalue weighted by molar-refractivity contribution is 7.15. The zero-order chi connectivity index (χ0) is 24.2. The molecule has 1 aliphatic heterocycles. The predicted molar refractivity (Wildman–Crippen MR) is 135 cm³/mol. The van der Waals surface area contributed by atoms with Crippen LogP contribution in [0.3, 0.4) is 0 Å². The van der Waals surface area contributed by atoms with E-state index in [4.69, 9.17) is 0 Å². The van der Waals surface area contributed by atoms with Crippen molar-refractivity contribution in [2.45, 2.75) is 6.42 Å². The Morgan fingerprint density at radius 1 is 0.829 bits per heavy atom. The Bertz CT molecular complexity index is 1400. The van der Waals surface area contributed by atoms with Gasteiger partial charge in [-0.3, -0.25) is 24.6 Å². The number of nitrogens with zero attached hydrogens (tertiary/aromatic N) is 3. The number of carbonyl (C=O) groups is 3. The topological polar surface area (TPSA) is 92.3 Å². The number of aromatic nitrogens is 2. The van der Waals surface area contributed by atoms with Gasteiger partial charge in [-0.05, 0) is 29.3 Å². The zero-order valence-corrected chi connectivity index (χ0v) is 19.4. The first-order valence-electron chi connectivity index (χ1n) is 11.0. The minimum absolute atomic E-state index is 0.193. The summed E-state index contributed by atoms with van der Waals surface area (Å²) in [5.74, 6) is -0.910. The Morgan fingerprint density at radius 2 is 1.43 bits per heavy atom. The number of nitrogens with one attached hydrogen (secondary N) is 1. The van der Waals surface area contributed by atoms with Crippen molar-refractivity contribution in [3.05, 3.63) is 112 Å². The summed E-state index contributed by atoms with van der Waals surface area (Å²) in [6.07, 6.45) is 2.18. The molecule has 0 spiro atoms. The second-order valence-corrected chi connectivity index (χ2v) is 8.91. The van der Waals surface area contributed by atoms with Crippen LogP contribution in [-0.2, 0) is 11.2 Å². The van der Waals surface area contributed by atoms with Crippen LogP contribution >= 0.6 is 11.3 Å². The molecule has 1 aromatic heterocycles. The maximum atomic E-state index is 13.2. The molecule has 5 rings (SSSR count). The van der Waals surface area contributed by atoms with Gasteiger partial charge in [0.15, 0.2) is 0 Å². The molecule has 4 aromatic rings. The SMILES string of the molecule is O=C(Nc1nnc(CCN2C(=O)c3ccccc3C2=O)s1)/C(=C\c1ccccc1)c1ccccc1. The van der Waals surface area contributed by atoms with Gasteiger partial charge >= 0.3 is 0 Å². The van der Waals surface area contributed by atoms with Crippen molar-refractivity contribution in [2.24, 2.45) is 0 Å². The number of imide groups is 1. The Hall–Kier alpha value is -4.43. The van der Waals surface area contributed by atoms with E-state index in [1.165, 1.54) is 16.2 Å². The van der Waals surface area contributed by atoms with Gasteiger partial charge in [0.25, 0.3) is 17.7 Å². The van der Waals surface area contributed by atoms with Gasteiger partial charge in [-0.2, -0.15) is 0 Å². The number of carbonyl (C=O) groups excluding carboxylic acids is 3. The molecule has 1 N–H and O–H groups in total. The molecule has 2 heterocycles. The van der Waals surface area contributed by atoms with Crippen molar-refractivity contribution < 1.29 is 14.4 Å². The molecule has 1 aliphatic rings. The molecule has 0 bridgehead atoms. The lowest BCUT2D eigenvalue weighted by molar-refractivity contribution is -0.111. The van der Waals surface area contributed by atoms with Gasteiger partial charge in [0.1, 0.15) is 5.01 Å². The van der Waals surface area contributed by atoms with E-state index in [0.717, 1.165) is 11.1 Å². The fourth-order valence-corrected chi connectivity index (χ4v) is 4.56. The number of fused-ring (bicyclic) bond motifs is 1. The Morgan fingerprint density at radius 3 is 2.09 bits per heavy atom. The number of rotatable bonds is 7. The highest BCUT2D eigenvalue weighted by Crippen LogP contribution is 2.25. The number of anilines is 1. The molecule has 7 nitrogen and oxygen atoms in total. The molecular weight excluding hydrogens is 460 g/mol. The largest absolute Gasteiger partial charge is 0.296 e. The highest BCUT2D eigenvalue weighted by atomic mass is 32.1. The van der Waals surface area contributed by atoms with E-state index >= 15 is 0 Å². The first kappa shape index (κ1) is 22.4. The number of hydrogen-bond acceptors (Lipinski definition) is 6. The zero-order valence-electron chi connectivity index (χ0n) is 18.5. The van der Waals surface area contributed by atoms with Crippen LogP contribution in [0.1, 0.15) is 36.9 Å². The molecule has 0 atom stereocenters. The van der Waals surface area contributed by atoms with Gasteiger partial charge in [0, 0.05) is 18.5 Å². The van der Waals surface area contributed by atoms with E-state index in [-0.39, 0.29) is 24.3 Å². The molecule has 172 valence electrons. The quantitative estimate of drug-likeness (QED) is 0.238. The first-order chi connectivity index (χ1) is 17.1. The van der Waals surface area contributed by atoms with Gasteiger partial charge in [0.05, 0.1) is 11.1 Å². The molecule has 0 fully saturated rings. The summed E-state index contributed by atoms with van der Waals surface area (Å²) in [4.78, 5) is 39.5. The third-order valence-corrected chi connectivity index (χ3v) is 6.45. The van der Waals surface area contributed by atoms with E-state index in [0.29, 0.717) is 33.3 Å². The maximum absolute atomic E-state index is 13.2.